The van der Waals surface area contributed by atoms with Gasteiger partial charge in [-0.2, -0.15) is 0 Å². The SMILES string of the molecule is CC.CC1Oc2ccccc2C1(C)C. The van der Waals surface area contributed by atoms with E-state index in [2.05, 4.69) is 32.9 Å². The third-order valence-corrected chi connectivity index (χ3v) is 2.90. The molecule has 0 amide bonds. The highest BCUT2D eigenvalue weighted by Crippen LogP contribution is 2.41. The molecule has 0 saturated carbocycles. The molecule has 2 rings (SSSR count). The summed E-state index contributed by atoms with van der Waals surface area (Å²) in [5.41, 5.74) is 1.49. The maximum absolute atomic E-state index is 5.72. The lowest BCUT2D eigenvalue weighted by Gasteiger charge is -2.21. The van der Waals surface area contributed by atoms with Gasteiger partial charge in [0.05, 0.1) is 0 Å². The first kappa shape index (κ1) is 11.1. The molecule has 1 atom stereocenters. The third kappa shape index (κ3) is 1.63. The largest absolute Gasteiger partial charge is 0.490 e. The van der Waals surface area contributed by atoms with E-state index in [0.29, 0.717) is 0 Å². The standard InChI is InChI=1S/C11H14O.C2H6/c1-8-11(2,3)9-6-4-5-7-10(9)12-8;1-2/h4-8H,1-3H3;1-2H3. The Morgan fingerprint density at radius 2 is 1.71 bits per heavy atom. The Bertz CT molecular complexity index is 302. The van der Waals surface area contributed by atoms with Crippen LogP contribution in [0.3, 0.4) is 0 Å². The number of hydrogen-bond donors (Lipinski definition) is 0. The van der Waals surface area contributed by atoms with Gasteiger partial charge in [0.1, 0.15) is 11.9 Å². The molecule has 0 aliphatic carbocycles. The summed E-state index contributed by atoms with van der Waals surface area (Å²) in [7, 11) is 0. The Morgan fingerprint density at radius 3 is 2.29 bits per heavy atom. The van der Waals surface area contributed by atoms with Gasteiger partial charge < -0.3 is 4.74 Å². The summed E-state index contributed by atoms with van der Waals surface area (Å²) in [5, 5.41) is 0. The number of ether oxygens (including phenoxy) is 1. The predicted octanol–water partition coefficient (Wildman–Crippen LogP) is 3.77. The molecule has 0 aromatic heterocycles. The van der Waals surface area contributed by atoms with Crippen molar-refractivity contribution in [1.29, 1.82) is 0 Å². The average molecular weight is 192 g/mol. The molecule has 1 aliphatic heterocycles. The van der Waals surface area contributed by atoms with Gasteiger partial charge in [-0.15, -0.1) is 0 Å². The molecule has 1 heterocycles. The van der Waals surface area contributed by atoms with Gasteiger partial charge in [-0.3, -0.25) is 0 Å². The zero-order chi connectivity index (χ0) is 10.8. The monoisotopic (exact) mass is 192 g/mol. The summed E-state index contributed by atoms with van der Waals surface area (Å²) in [4.78, 5) is 0. The second-order valence-corrected chi connectivity index (χ2v) is 3.98. The topological polar surface area (TPSA) is 9.23 Å². The van der Waals surface area contributed by atoms with E-state index in [0.717, 1.165) is 5.75 Å². The first-order valence-electron chi connectivity index (χ1n) is 5.38. The normalized spacial score (nSPS) is 21.6. The smallest absolute Gasteiger partial charge is 0.123 e. The van der Waals surface area contributed by atoms with Crippen LogP contribution < -0.4 is 4.74 Å². The molecule has 0 saturated heterocycles. The van der Waals surface area contributed by atoms with Crippen molar-refractivity contribution in [1.82, 2.24) is 0 Å². The highest BCUT2D eigenvalue weighted by atomic mass is 16.5. The number of benzene rings is 1. The molecule has 14 heavy (non-hydrogen) atoms. The Morgan fingerprint density at radius 1 is 1.14 bits per heavy atom. The van der Waals surface area contributed by atoms with Crippen LogP contribution in [0.1, 0.15) is 40.2 Å². The minimum Gasteiger partial charge on any atom is -0.490 e. The maximum Gasteiger partial charge on any atom is 0.123 e. The molecule has 0 radical (unpaired) electrons. The molecule has 0 spiro atoms. The molecule has 1 aliphatic rings. The first-order chi connectivity index (χ1) is 6.62. The fraction of sp³-hybridized carbons (Fsp3) is 0.538. The lowest BCUT2D eigenvalue weighted by Crippen LogP contribution is -2.28. The lowest BCUT2D eigenvalue weighted by atomic mass is 9.82. The van der Waals surface area contributed by atoms with Crippen LogP contribution in [0.15, 0.2) is 24.3 Å². The van der Waals surface area contributed by atoms with Gasteiger partial charge in [0.15, 0.2) is 0 Å². The molecular formula is C13H20O. The molecular weight excluding hydrogens is 172 g/mol. The van der Waals surface area contributed by atoms with E-state index in [-0.39, 0.29) is 11.5 Å². The zero-order valence-electron chi connectivity index (χ0n) is 9.79. The number of para-hydroxylation sites is 1. The van der Waals surface area contributed by atoms with Crippen LogP contribution in [0.25, 0.3) is 0 Å². The van der Waals surface area contributed by atoms with Crippen LogP contribution >= 0.6 is 0 Å². The Balaban J connectivity index is 0.000000461. The molecule has 78 valence electrons. The van der Waals surface area contributed by atoms with E-state index < -0.39 is 0 Å². The van der Waals surface area contributed by atoms with Gasteiger partial charge in [0.2, 0.25) is 0 Å². The Labute approximate surface area is 87.1 Å². The fourth-order valence-electron chi connectivity index (χ4n) is 1.66. The lowest BCUT2D eigenvalue weighted by molar-refractivity contribution is 0.185. The highest BCUT2D eigenvalue weighted by molar-refractivity contribution is 5.43. The summed E-state index contributed by atoms with van der Waals surface area (Å²) >= 11 is 0. The minimum atomic E-state index is 0.163. The minimum absolute atomic E-state index is 0.163. The summed E-state index contributed by atoms with van der Waals surface area (Å²) in [6.45, 7) is 10.6. The molecule has 1 aromatic rings. The van der Waals surface area contributed by atoms with E-state index in [1.807, 2.05) is 26.0 Å². The quantitative estimate of drug-likeness (QED) is 0.608. The summed E-state index contributed by atoms with van der Waals surface area (Å²) in [6, 6.07) is 8.29. The van der Waals surface area contributed by atoms with Gasteiger partial charge >= 0.3 is 0 Å². The van der Waals surface area contributed by atoms with E-state index >= 15 is 0 Å². The van der Waals surface area contributed by atoms with Crippen molar-refractivity contribution in [3.05, 3.63) is 29.8 Å². The second kappa shape index (κ2) is 4.04. The molecule has 0 fully saturated rings. The molecule has 0 N–H and O–H groups in total. The van der Waals surface area contributed by atoms with Gasteiger partial charge in [-0.1, -0.05) is 45.9 Å². The van der Waals surface area contributed by atoms with Crippen molar-refractivity contribution in [2.24, 2.45) is 0 Å². The van der Waals surface area contributed by atoms with Gasteiger partial charge in [-0.05, 0) is 13.0 Å². The number of hydrogen-bond acceptors (Lipinski definition) is 1. The number of fused-ring (bicyclic) bond motifs is 1. The summed E-state index contributed by atoms with van der Waals surface area (Å²) < 4.78 is 5.72. The van der Waals surface area contributed by atoms with Crippen molar-refractivity contribution in [2.75, 3.05) is 0 Å². The Hall–Kier alpha value is -0.980. The van der Waals surface area contributed by atoms with Crippen LogP contribution in [0, 0.1) is 0 Å². The van der Waals surface area contributed by atoms with E-state index in [4.69, 9.17) is 4.74 Å². The van der Waals surface area contributed by atoms with E-state index in [1.165, 1.54) is 5.56 Å². The van der Waals surface area contributed by atoms with Gasteiger partial charge in [-0.25, -0.2) is 0 Å². The molecule has 1 unspecified atom stereocenters. The van der Waals surface area contributed by atoms with Crippen molar-refractivity contribution in [3.8, 4) is 5.75 Å². The fourth-order valence-corrected chi connectivity index (χ4v) is 1.66. The molecule has 1 nitrogen and oxygen atoms in total. The van der Waals surface area contributed by atoms with Crippen LogP contribution in [-0.4, -0.2) is 6.10 Å². The average Bonchev–Trinajstić information content (AvgIpc) is 2.42. The van der Waals surface area contributed by atoms with Gasteiger partial charge in [0, 0.05) is 11.0 Å². The van der Waals surface area contributed by atoms with Crippen LogP contribution in [0.2, 0.25) is 0 Å². The predicted molar refractivity (Wildman–Crippen MR) is 60.9 cm³/mol. The van der Waals surface area contributed by atoms with Crippen molar-refractivity contribution in [2.45, 2.75) is 46.1 Å². The van der Waals surface area contributed by atoms with Crippen LogP contribution in [-0.2, 0) is 5.41 Å². The van der Waals surface area contributed by atoms with Crippen molar-refractivity contribution in [3.63, 3.8) is 0 Å². The van der Waals surface area contributed by atoms with E-state index in [1.54, 1.807) is 0 Å². The number of rotatable bonds is 0. The summed E-state index contributed by atoms with van der Waals surface area (Å²) in [5.74, 6) is 1.05. The van der Waals surface area contributed by atoms with Crippen molar-refractivity contribution >= 4 is 0 Å². The van der Waals surface area contributed by atoms with Gasteiger partial charge in [0.25, 0.3) is 0 Å². The molecule has 1 heteroatoms. The zero-order valence-corrected chi connectivity index (χ0v) is 9.79. The Kier molecular flexibility index (Phi) is 3.20. The third-order valence-electron chi connectivity index (χ3n) is 2.90. The maximum atomic E-state index is 5.72. The molecule has 0 bridgehead atoms. The second-order valence-electron chi connectivity index (χ2n) is 3.98. The highest BCUT2D eigenvalue weighted by Gasteiger charge is 2.37. The molecule has 1 aromatic carbocycles. The van der Waals surface area contributed by atoms with E-state index in [9.17, 15) is 0 Å². The van der Waals surface area contributed by atoms with Crippen LogP contribution in [0.4, 0.5) is 0 Å². The van der Waals surface area contributed by atoms with Crippen LogP contribution in [0.5, 0.6) is 5.75 Å². The van der Waals surface area contributed by atoms with Crippen molar-refractivity contribution < 1.29 is 4.74 Å². The summed E-state index contributed by atoms with van der Waals surface area (Å²) in [6.07, 6.45) is 0.287. The first-order valence-corrected chi connectivity index (χ1v) is 5.38.